The van der Waals surface area contributed by atoms with Crippen molar-refractivity contribution in [1.82, 2.24) is 5.32 Å². The van der Waals surface area contributed by atoms with Crippen molar-refractivity contribution in [1.29, 1.82) is 0 Å². The molecule has 4 nitrogen and oxygen atoms in total. The molecule has 0 aliphatic rings. The molecule has 0 unspecified atom stereocenters. The van der Waals surface area contributed by atoms with Crippen LogP contribution in [-0.2, 0) is 0 Å². The minimum Gasteiger partial charge on any atom is -0.394 e. The minimum atomic E-state index is -0.762. The van der Waals surface area contributed by atoms with Crippen LogP contribution in [0.3, 0.4) is 0 Å². The second-order valence-electron chi connectivity index (χ2n) is 5.02. The highest BCUT2D eigenvalue weighted by Crippen LogP contribution is 2.20. The third-order valence-electron chi connectivity index (χ3n) is 3.39. The monoisotopic (exact) mass is 335 g/mol. The SMILES string of the molecule is CC(=O)c1ccc(C(=O)N[C@@H](CO)c2ccc(Cl)c(F)c2)cc1. The standard InChI is InChI=1S/C17H15ClFNO3/c1-10(22)11-2-4-12(5-3-11)17(23)20-16(9-21)13-6-7-14(18)15(19)8-13/h2-8,16,21H,9H2,1H3,(H,20,23)/t16-/m0/s1. The van der Waals surface area contributed by atoms with Crippen molar-refractivity contribution in [2.75, 3.05) is 6.61 Å². The Morgan fingerprint density at radius 2 is 1.78 bits per heavy atom. The predicted octanol–water partition coefficient (Wildman–Crippen LogP) is 3.15. The van der Waals surface area contributed by atoms with Crippen molar-refractivity contribution in [3.05, 3.63) is 70.0 Å². The number of hydrogen-bond donors (Lipinski definition) is 2. The zero-order valence-corrected chi connectivity index (χ0v) is 13.1. The molecule has 0 spiro atoms. The maximum atomic E-state index is 13.5. The van der Waals surface area contributed by atoms with Gasteiger partial charge in [0, 0.05) is 11.1 Å². The van der Waals surface area contributed by atoms with Gasteiger partial charge in [-0.25, -0.2) is 4.39 Å². The lowest BCUT2D eigenvalue weighted by molar-refractivity contribution is 0.0915. The molecule has 1 amide bonds. The molecular weight excluding hydrogens is 321 g/mol. The summed E-state index contributed by atoms with van der Waals surface area (Å²) in [7, 11) is 0. The summed E-state index contributed by atoms with van der Waals surface area (Å²) >= 11 is 5.62. The molecule has 0 aliphatic carbocycles. The van der Waals surface area contributed by atoms with Gasteiger partial charge >= 0.3 is 0 Å². The van der Waals surface area contributed by atoms with Gasteiger partial charge in [0.15, 0.2) is 5.78 Å². The van der Waals surface area contributed by atoms with Crippen LogP contribution in [0.25, 0.3) is 0 Å². The van der Waals surface area contributed by atoms with Crippen LogP contribution in [0.2, 0.25) is 5.02 Å². The van der Waals surface area contributed by atoms with E-state index in [0.29, 0.717) is 16.7 Å². The van der Waals surface area contributed by atoms with Gasteiger partial charge in [-0.05, 0) is 36.8 Å². The third-order valence-corrected chi connectivity index (χ3v) is 3.69. The molecule has 0 heterocycles. The minimum absolute atomic E-state index is 0.0309. The van der Waals surface area contributed by atoms with E-state index in [0.717, 1.165) is 0 Å². The number of amides is 1. The highest BCUT2D eigenvalue weighted by Gasteiger charge is 2.16. The molecule has 2 rings (SSSR count). The number of carbonyl (C=O) groups excluding carboxylic acids is 2. The van der Waals surface area contributed by atoms with E-state index in [1.54, 1.807) is 12.1 Å². The van der Waals surface area contributed by atoms with Gasteiger partial charge in [0.2, 0.25) is 0 Å². The summed E-state index contributed by atoms with van der Waals surface area (Å²) in [5.74, 6) is -1.15. The summed E-state index contributed by atoms with van der Waals surface area (Å²) in [4.78, 5) is 23.4. The van der Waals surface area contributed by atoms with Gasteiger partial charge in [-0.1, -0.05) is 29.8 Å². The summed E-state index contributed by atoms with van der Waals surface area (Å²) in [6.45, 7) is 1.05. The number of Topliss-reactive ketones (excluding diaryl/α,β-unsaturated/α-hetero) is 1. The Hall–Kier alpha value is -2.24. The average Bonchev–Trinajstić information content (AvgIpc) is 2.55. The van der Waals surface area contributed by atoms with Crippen LogP contribution < -0.4 is 5.32 Å². The second kappa shape index (κ2) is 7.35. The summed E-state index contributed by atoms with van der Waals surface area (Å²) in [6, 6.07) is 9.43. The molecule has 2 N–H and O–H groups in total. The van der Waals surface area contributed by atoms with Crippen molar-refractivity contribution in [2.45, 2.75) is 13.0 Å². The maximum Gasteiger partial charge on any atom is 0.251 e. The molecular formula is C17H15ClFNO3. The number of nitrogens with one attached hydrogen (secondary N) is 1. The first-order valence-corrected chi connectivity index (χ1v) is 7.28. The first-order chi connectivity index (χ1) is 10.9. The number of aliphatic hydroxyl groups is 1. The fourth-order valence-corrected chi connectivity index (χ4v) is 2.18. The fourth-order valence-electron chi connectivity index (χ4n) is 2.06. The number of rotatable bonds is 5. The Balaban J connectivity index is 2.15. The van der Waals surface area contributed by atoms with Crippen molar-refractivity contribution >= 4 is 23.3 Å². The summed E-state index contributed by atoms with van der Waals surface area (Å²) in [6.07, 6.45) is 0. The van der Waals surface area contributed by atoms with Crippen LogP contribution in [0.15, 0.2) is 42.5 Å². The van der Waals surface area contributed by atoms with Crippen molar-refractivity contribution < 1.29 is 19.1 Å². The lowest BCUT2D eigenvalue weighted by atomic mass is 10.1. The summed E-state index contributed by atoms with van der Waals surface area (Å²) in [5, 5.41) is 12.0. The molecule has 1 atom stereocenters. The molecule has 0 aliphatic heterocycles. The molecule has 0 bridgehead atoms. The third kappa shape index (κ3) is 4.15. The number of halogens is 2. The molecule has 0 saturated carbocycles. The smallest absolute Gasteiger partial charge is 0.251 e. The Bertz CT molecular complexity index is 731. The molecule has 0 aromatic heterocycles. The zero-order chi connectivity index (χ0) is 17.0. The maximum absolute atomic E-state index is 13.5. The molecule has 0 saturated heterocycles. The van der Waals surface area contributed by atoms with Crippen LogP contribution in [0.4, 0.5) is 4.39 Å². The van der Waals surface area contributed by atoms with Gasteiger partial charge in [0.05, 0.1) is 17.7 Å². The largest absolute Gasteiger partial charge is 0.394 e. The Morgan fingerprint density at radius 3 is 2.30 bits per heavy atom. The summed E-state index contributed by atoms with van der Waals surface area (Å²) in [5.41, 5.74) is 1.24. The average molecular weight is 336 g/mol. The van der Waals surface area contributed by atoms with Crippen LogP contribution in [0.5, 0.6) is 0 Å². The number of ketones is 1. The fraction of sp³-hybridized carbons (Fsp3) is 0.176. The molecule has 6 heteroatoms. The van der Waals surface area contributed by atoms with Crippen LogP contribution >= 0.6 is 11.6 Å². The van der Waals surface area contributed by atoms with Gasteiger partial charge in [-0.15, -0.1) is 0 Å². The van der Waals surface area contributed by atoms with E-state index in [-0.39, 0.29) is 10.8 Å². The molecule has 23 heavy (non-hydrogen) atoms. The second-order valence-corrected chi connectivity index (χ2v) is 5.42. The molecule has 2 aromatic rings. The van der Waals surface area contributed by atoms with E-state index in [2.05, 4.69) is 5.32 Å². The first-order valence-electron chi connectivity index (χ1n) is 6.90. The van der Waals surface area contributed by atoms with Crippen molar-refractivity contribution in [3.63, 3.8) is 0 Å². The normalized spacial score (nSPS) is 11.8. The van der Waals surface area contributed by atoms with Gasteiger partial charge in [0.25, 0.3) is 5.91 Å². The van der Waals surface area contributed by atoms with Crippen molar-refractivity contribution in [2.24, 2.45) is 0 Å². The van der Waals surface area contributed by atoms with Gasteiger partial charge < -0.3 is 10.4 Å². The van der Waals surface area contributed by atoms with E-state index in [1.165, 1.54) is 37.3 Å². The number of carbonyl (C=O) groups is 2. The lowest BCUT2D eigenvalue weighted by Crippen LogP contribution is -2.30. The van der Waals surface area contributed by atoms with E-state index in [1.807, 2.05) is 0 Å². The van der Waals surface area contributed by atoms with Crippen molar-refractivity contribution in [3.8, 4) is 0 Å². The van der Waals surface area contributed by atoms with Crippen LogP contribution in [-0.4, -0.2) is 23.4 Å². The van der Waals surface area contributed by atoms with Gasteiger partial charge in [0.1, 0.15) is 5.82 Å². The molecule has 2 aromatic carbocycles. The van der Waals surface area contributed by atoms with Crippen LogP contribution in [0, 0.1) is 5.82 Å². The van der Waals surface area contributed by atoms with E-state index in [4.69, 9.17) is 11.6 Å². The van der Waals surface area contributed by atoms with Crippen LogP contribution in [0.1, 0.15) is 39.2 Å². The molecule has 0 fully saturated rings. The number of hydrogen-bond acceptors (Lipinski definition) is 3. The summed E-state index contributed by atoms with van der Waals surface area (Å²) < 4.78 is 13.5. The predicted molar refractivity (Wildman–Crippen MR) is 85.1 cm³/mol. The highest BCUT2D eigenvalue weighted by atomic mass is 35.5. The van der Waals surface area contributed by atoms with E-state index in [9.17, 15) is 19.1 Å². The number of benzene rings is 2. The first kappa shape index (κ1) is 17.1. The Morgan fingerprint density at radius 1 is 1.17 bits per heavy atom. The van der Waals surface area contributed by atoms with E-state index < -0.39 is 24.4 Å². The van der Waals surface area contributed by atoms with Gasteiger partial charge in [-0.2, -0.15) is 0 Å². The van der Waals surface area contributed by atoms with E-state index >= 15 is 0 Å². The topological polar surface area (TPSA) is 66.4 Å². The molecule has 120 valence electrons. The zero-order valence-electron chi connectivity index (χ0n) is 12.3. The highest BCUT2D eigenvalue weighted by molar-refractivity contribution is 6.30. The quantitative estimate of drug-likeness (QED) is 0.825. The molecule has 0 radical (unpaired) electrons. The Labute approximate surface area is 137 Å². The Kier molecular flexibility index (Phi) is 5.47. The lowest BCUT2D eigenvalue weighted by Gasteiger charge is -2.17. The number of aliphatic hydroxyl groups excluding tert-OH is 1. The van der Waals surface area contributed by atoms with Gasteiger partial charge in [-0.3, -0.25) is 9.59 Å².